The molecule has 0 bridgehead atoms. The molecule has 1 fully saturated rings. The van der Waals surface area contributed by atoms with Gasteiger partial charge in [-0.25, -0.2) is 4.79 Å². The molecule has 6 nitrogen and oxygen atoms in total. The Bertz CT molecular complexity index is 317. The van der Waals surface area contributed by atoms with Gasteiger partial charge < -0.3 is 20.5 Å². The molecule has 1 saturated heterocycles. The van der Waals surface area contributed by atoms with Crippen molar-refractivity contribution in [3.8, 4) is 0 Å². The van der Waals surface area contributed by atoms with Crippen molar-refractivity contribution in [2.24, 2.45) is 11.8 Å². The van der Waals surface area contributed by atoms with Gasteiger partial charge in [-0.1, -0.05) is 13.3 Å². The Morgan fingerprint density at radius 2 is 2.14 bits per heavy atom. The first-order valence-corrected chi connectivity index (χ1v) is 7.93. The molecule has 2 atom stereocenters. The molecule has 6 heteroatoms. The third kappa shape index (κ3) is 8.55. The van der Waals surface area contributed by atoms with E-state index in [-0.39, 0.29) is 12.5 Å². The summed E-state index contributed by atoms with van der Waals surface area (Å²) in [5, 5.41) is 14.4. The molecule has 1 aliphatic rings. The number of amides is 2. The normalized spacial score (nSPS) is 19.8. The maximum Gasteiger partial charge on any atom is 0.314 e. The Morgan fingerprint density at radius 1 is 1.33 bits per heavy atom. The number of carboxylic acids is 1. The van der Waals surface area contributed by atoms with Crippen LogP contribution in [0.3, 0.4) is 0 Å². The monoisotopic (exact) mass is 300 g/mol. The minimum absolute atomic E-state index is 0.145. The lowest BCUT2D eigenvalue weighted by Gasteiger charge is -2.22. The van der Waals surface area contributed by atoms with Gasteiger partial charge in [0.15, 0.2) is 0 Å². The molecule has 1 aliphatic heterocycles. The van der Waals surface area contributed by atoms with Crippen molar-refractivity contribution in [3.63, 3.8) is 0 Å². The Morgan fingerprint density at radius 3 is 2.76 bits per heavy atom. The van der Waals surface area contributed by atoms with Crippen LogP contribution in [0.2, 0.25) is 0 Å². The summed E-state index contributed by atoms with van der Waals surface area (Å²) >= 11 is 0. The molecule has 1 rings (SSSR count). The molecule has 0 aliphatic carbocycles. The van der Waals surface area contributed by atoms with Crippen molar-refractivity contribution >= 4 is 12.0 Å². The SMILES string of the molecule is CCC(CCNC(=O)NCC1CCCOC1)CCC(=O)O. The van der Waals surface area contributed by atoms with Crippen LogP contribution in [0.5, 0.6) is 0 Å². The number of urea groups is 1. The first-order valence-electron chi connectivity index (χ1n) is 7.93. The van der Waals surface area contributed by atoms with E-state index in [2.05, 4.69) is 17.6 Å². The average Bonchev–Trinajstić information content (AvgIpc) is 2.49. The van der Waals surface area contributed by atoms with Crippen LogP contribution in [0.4, 0.5) is 4.79 Å². The second kappa shape index (κ2) is 10.4. The maximum absolute atomic E-state index is 11.7. The molecule has 2 unspecified atom stereocenters. The molecule has 0 spiro atoms. The molecule has 0 aromatic heterocycles. The van der Waals surface area contributed by atoms with E-state index in [1.165, 1.54) is 0 Å². The highest BCUT2D eigenvalue weighted by molar-refractivity contribution is 5.73. The topological polar surface area (TPSA) is 87.7 Å². The van der Waals surface area contributed by atoms with Crippen LogP contribution in [0.1, 0.15) is 45.4 Å². The van der Waals surface area contributed by atoms with Crippen LogP contribution in [0.15, 0.2) is 0 Å². The van der Waals surface area contributed by atoms with Crippen molar-refractivity contribution in [1.82, 2.24) is 10.6 Å². The van der Waals surface area contributed by atoms with Crippen LogP contribution < -0.4 is 10.6 Å². The third-order valence-electron chi connectivity index (χ3n) is 3.99. The van der Waals surface area contributed by atoms with Crippen molar-refractivity contribution in [3.05, 3.63) is 0 Å². The molecule has 0 saturated carbocycles. The minimum Gasteiger partial charge on any atom is -0.481 e. The quantitative estimate of drug-likeness (QED) is 0.607. The highest BCUT2D eigenvalue weighted by atomic mass is 16.5. The van der Waals surface area contributed by atoms with E-state index in [0.717, 1.165) is 38.9 Å². The van der Waals surface area contributed by atoms with E-state index in [0.29, 0.717) is 31.3 Å². The fraction of sp³-hybridized carbons (Fsp3) is 0.867. The first kappa shape index (κ1) is 17.8. The van der Waals surface area contributed by atoms with Gasteiger partial charge in [0.05, 0.1) is 6.61 Å². The number of hydrogen-bond donors (Lipinski definition) is 3. The standard InChI is InChI=1S/C15H28N2O4/c1-2-12(5-6-14(18)19)7-8-16-15(20)17-10-13-4-3-9-21-11-13/h12-13H,2-11H2,1H3,(H,18,19)(H2,16,17,20). The summed E-state index contributed by atoms with van der Waals surface area (Å²) in [7, 11) is 0. The smallest absolute Gasteiger partial charge is 0.314 e. The van der Waals surface area contributed by atoms with Crippen LogP contribution in [-0.4, -0.2) is 43.4 Å². The van der Waals surface area contributed by atoms with Crippen LogP contribution >= 0.6 is 0 Å². The zero-order chi connectivity index (χ0) is 15.5. The van der Waals surface area contributed by atoms with Gasteiger partial charge >= 0.3 is 12.0 Å². The molecule has 3 N–H and O–H groups in total. The zero-order valence-electron chi connectivity index (χ0n) is 12.9. The summed E-state index contributed by atoms with van der Waals surface area (Å²) in [5.74, 6) is 0.0189. The number of carbonyl (C=O) groups is 2. The summed E-state index contributed by atoms with van der Waals surface area (Å²) in [6.45, 7) is 4.85. The number of hydrogen-bond acceptors (Lipinski definition) is 3. The second-order valence-corrected chi connectivity index (χ2v) is 5.72. The summed E-state index contributed by atoms with van der Waals surface area (Å²) in [6.07, 6.45) is 4.81. The first-order chi connectivity index (χ1) is 10.1. The van der Waals surface area contributed by atoms with E-state index in [1.54, 1.807) is 0 Å². The van der Waals surface area contributed by atoms with Crippen molar-refractivity contribution < 1.29 is 19.4 Å². The summed E-state index contributed by atoms with van der Waals surface area (Å²) in [5.41, 5.74) is 0. The molecule has 0 aromatic carbocycles. The lowest BCUT2D eigenvalue weighted by molar-refractivity contribution is -0.137. The van der Waals surface area contributed by atoms with Gasteiger partial charge in [0, 0.05) is 26.1 Å². The molecule has 1 heterocycles. The maximum atomic E-state index is 11.7. The van der Waals surface area contributed by atoms with E-state index in [9.17, 15) is 9.59 Å². The molecular formula is C15H28N2O4. The molecule has 2 amide bonds. The molecule has 122 valence electrons. The zero-order valence-corrected chi connectivity index (χ0v) is 12.9. The Hall–Kier alpha value is -1.30. The largest absolute Gasteiger partial charge is 0.481 e. The van der Waals surface area contributed by atoms with Crippen molar-refractivity contribution in [2.75, 3.05) is 26.3 Å². The predicted molar refractivity (Wildman–Crippen MR) is 80.2 cm³/mol. The summed E-state index contributed by atoms with van der Waals surface area (Å²) in [6, 6.07) is -0.145. The number of ether oxygens (including phenoxy) is 1. The second-order valence-electron chi connectivity index (χ2n) is 5.72. The number of nitrogens with one attached hydrogen (secondary N) is 2. The Labute approximate surface area is 126 Å². The predicted octanol–water partition coefficient (Wildman–Crippen LogP) is 1.99. The molecular weight excluding hydrogens is 272 g/mol. The van der Waals surface area contributed by atoms with Gasteiger partial charge in [-0.05, 0) is 37.5 Å². The summed E-state index contributed by atoms with van der Waals surface area (Å²) < 4.78 is 5.37. The van der Waals surface area contributed by atoms with Gasteiger partial charge in [0.2, 0.25) is 0 Å². The van der Waals surface area contributed by atoms with Crippen LogP contribution in [0.25, 0.3) is 0 Å². The summed E-state index contributed by atoms with van der Waals surface area (Å²) in [4.78, 5) is 22.2. The third-order valence-corrected chi connectivity index (χ3v) is 3.99. The fourth-order valence-corrected chi connectivity index (χ4v) is 2.54. The van der Waals surface area contributed by atoms with Crippen molar-refractivity contribution in [1.29, 1.82) is 0 Å². The highest BCUT2D eigenvalue weighted by Crippen LogP contribution is 2.14. The van der Waals surface area contributed by atoms with Crippen LogP contribution in [-0.2, 0) is 9.53 Å². The fourth-order valence-electron chi connectivity index (χ4n) is 2.54. The van der Waals surface area contributed by atoms with Gasteiger partial charge in [0.1, 0.15) is 0 Å². The van der Waals surface area contributed by atoms with E-state index in [4.69, 9.17) is 9.84 Å². The van der Waals surface area contributed by atoms with Gasteiger partial charge in [-0.15, -0.1) is 0 Å². The van der Waals surface area contributed by atoms with Gasteiger partial charge in [0.25, 0.3) is 0 Å². The lowest BCUT2D eigenvalue weighted by atomic mass is 9.97. The molecule has 0 aromatic rings. The number of rotatable bonds is 9. The van der Waals surface area contributed by atoms with Gasteiger partial charge in [-0.2, -0.15) is 0 Å². The Balaban J connectivity index is 2.06. The number of carboxylic acid groups (broad SMARTS) is 1. The van der Waals surface area contributed by atoms with E-state index >= 15 is 0 Å². The van der Waals surface area contributed by atoms with Gasteiger partial charge in [-0.3, -0.25) is 4.79 Å². The minimum atomic E-state index is -0.756. The van der Waals surface area contributed by atoms with Crippen molar-refractivity contribution in [2.45, 2.75) is 45.4 Å². The number of carbonyl (C=O) groups excluding carboxylic acids is 1. The van der Waals surface area contributed by atoms with Crippen LogP contribution in [0, 0.1) is 11.8 Å². The molecule has 21 heavy (non-hydrogen) atoms. The van der Waals surface area contributed by atoms with E-state index in [1.807, 2.05) is 0 Å². The average molecular weight is 300 g/mol. The molecule has 0 radical (unpaired) electrons. The highest BCUT2D eigenvalue weighted by Gasteiger charge is 2.15. The lowest BCUT2D eigenvalue weighted by Crippen LogP contribution is -2.40. The van der Waals surface area contributed by atoms with E-state index < -0.39 is 5.97 Å². The Kier molecular flexibility index (Phi) is 8.82. The number of aliphatic carboxylic acids is 1.